The highest BCUT2D eigenvalue weighted by Crippen LogP contribution is 2.34. The Hall–Kier alpha value is -2.55. The lowest BCUT2D eigenvalue weighted by Crippen LogP contribution is -2.15. The summed E-state index contributed by atoms with van der Waals surface area (Å²) in [6, 6.07) is 15.4. The van der Waals surface area contributed by atoms with Crippen molar-refractivity contribution in [3.63, 3.8) is 0 Å². The molecule has 1 aliphatic carbocycles. The molecule has 0 aromatic heterocycles. The molecule has 1 fully saturated rings. The van der Waals surface area contributed by atoms with Gasteiger partial charge in [-0.2, -0.15) is 0 Å². The second-order valence-electron chi connectivity index (χ2n) is 12.9. The number of carbonyl (C=O) groups is 1. The van der Waals surface area contributed by atoms with E-state index in [0.29, 0.717) is 11.3 Å². The van der Waals surface area contributed by atoms with E-state index in [0.717, 1.165) is 43.5 Å². The van der Waals surface area contributed by atoms with Gasteiger partial charge in [0.05, 0.1) is 12.2 Å². The molecule has 0 heterocycles. The third-order valence-electron chi connectivity index (χ3n) is 9.32. The second kappa shape index (κ2) is 22.0. The summed E-state index contributed by atoms with van der Waals surface area (Å²) >= 11 is 0. The van der Waals surface area contributed by atoms with Crippen LogP contribution in [-0.2, 0) is 6.42 Å². The largest absolute Gasteiger partial charge is 0.494 e. The van der Waals surface area contributed by atoms with Crippen LogP contribution in [0.1, 0.15) is 151 Å². The van der Waals surface area contributed by atoms with Gasteiger partial charge >= 0.3 is 5.97 Å². The number of aryl methyl sites for hydroxylation is 1. The van der Waals surface area contributed by atoms with Gasteiger partial charge in [0.25, 0.3) is 0 Å². The molecule has 238 valence electrons. The molecule has 0 aliphatic heterocycles. The molecule has 43 heavy (non-hydrogen) atoms. The van der Waals surface area contributed by atoms with Crippen LogP contribution in [0.4, 0.5) is 0 Å². The molecule has 2 aromatic carbocycles. The zero-order chi connectivity index (χ0) is 30.4. The van der Waals surface area contributed by atoms with Crippen LogP contribution in [-0.4, -0.2) is 12.6 Å². The molecule has 0 spiro atoms. The van der Waals surface area contributed by atoms with E-state index in [-0.39, 0.29) is 5.97 Å². The number of benzene rings is 2. The number of rotatable bonds is 23. The highest BCUT2D eigenvalue weighted by atomic mass is 16.5. The molecule has 0 atom stereocenters. The van der Waals surface area contributed by atoms with E-state index in [1.165, 1.54) is 121 Å². The monoisotopic (exact) mass is 588 g/mol. The van der Waals surface area contributed by atoms with Gasteiger partial charge < -0.3 is 9.47 Å². The lowest BCUT2D eigenvalue weighted by Gasteiger charge is -2.28. The zero-order valence-electron chi connectivity index (χ0n) is 27.3. The molecule has 0 N–H and O–H groups in total. The van der Waals surface area contributed by atoms with Crippen LogP contribution in [0.15, 0.2) is 61.2 Å². The SMILES string of the molecule is C=CCCCCCCCCCCOc1ccc(C(=O)Oc2ccc(CC[C@H]3CC[C@H](CCCCCCC)CC3)cc2)cc1. The number of hydrogen-bond donors (Lipinski definition) is 0. The van der Waals surface area contributed by atoms with Gasteiger partial charge in [-0.1, -0.05) is 128 Å². The van der Waals surface area contributed by atoms with Crippen molar-refractivity contribution in [2.45, 2.75) is 142 Å². The first kappa shape index (κ1) is 34.9. The van der Waals surface area contributed by atoms with Crippen LogP contribution < -0.4 is 9.47 Å². The highest BCUT2D eigenvalue weighted by Gasteiger charge is 2.20. The fraction of sp³-hybridized carbons (Fsp3) is 0.625. The number of hydrogen-bond acceptors (Lipinski definition) is 3. The summed E-state index contributed by atoms with van der Waals surface area (Å²) in [5.41, 5.74) is 1.87. The van der Waals surface area contributed by atoms with Crippen molar-refractivity contribution < 1.29 is 14.3 Å². The standard InChI is InChI=1S/C40H60O3/c1-3-5-7-9-10-11-12-13-15-17-33-42-38-31-27-37(28-32-38)40(41)43-39-29-25-36(26-30-39)24-23-35-21-19-34(20-22-35)18-16-14-8-6-4-2/h3,25-32,34-35H,1,4-24,33H2,2H3/t34-,35-. The third-order valence-corrected chi connectivity index (χ3v) is 9.32. The van der Waals surface area contributed by atoms with Crippen LogP contribution in [0.5, 0.6) is 11.5 Å². The molecule has 2 aromatic rings. The Balaban J connectivity index is 1.25. The maximum absolute atomic E-state index is 12.7. The topological polar surface area (TPSA) is 35.5 Å². The van der Waals surface area contributed by atoms with Crippen LogP contribution in [0, 0.1) is 11.8 Å². The van der Waals surface area contributed by atoms with Crippen molar-refractivity contribution in [3.8, 4) is 11.5 Å². The Kier molecular flexibility index (Phi) is 17.9. The van der Waals surface area contributed by atoms with E-state index in [1.54, 1.807) is 12.1 Å². The summed E-state index contributed by atoms with van der Waals surface area (Å²) < 4.78 is 11.5. The average molecular weight is 589 g/mol. The van der Waals surface area contributed by atoms with E-state index in [1.807, 2.05) is 30.3 Å². The molecule has 3 heteroatoms. The fourth-order valence-electron chi connectivity index (χ4n) is 6.43. The van der Waals surface area contributed by atoms with Crippen molar-refractivity contribution >= 4 is 5.97 Å². The predicted octanol–water partition coefficient (Wildman–Crippen LogP) is 12.1. The maximum Gasteiger partial charge on any atom is 0.343 e. The molecular weight excluding hydrogens is 528 g/mol. The molecule has 1 saturated carbocycles. The predicted molar refractivity (Wildman–Crippen MR) is 182 cm³/mol. The molecule has 0 bridgehead atoms. The Morgan fingerprint density at radius 3 is 1.91 bits per heavy atom. The van der Waals surface area contributed by atoms with Gasteiger partial charge in [0.2, 0.25) is 0 Å². The van der Waals surface area contributed by atoms with Gasteiger partial charge in [0.1, 0.15) is 11.5 Å². The van der Waals surface area contributed by atoms with Gasteiger partial charge in [0.15, 0.2) is 0 Å². The number of unbranched alkanes of at least 4 members (excludes halogenated alkanes) is 12. The fourth-order valence-corrected chi connectivity index (χ4v) is 6.43. The molecule has 1 aliphatic rings. The van der Waals surface area contributed by atoms with Crippen LogP contribution in [0.25, 0.3) is 0 Å². The van der Waals surface area contributed by atoms with Gasteiger partial charge in [-0.25, -0.2) is 4.79 Å². The van der Waals surface area contributed by atoms with Crippen molar-refractivity contribution in [3.05, 3.63) is 72.3 Å². The van der Waals surface area contributed by atoms with Crippen LogP contribution in [0.3, 0.4) is 0 Å². The van der Waals surface area contributed by atoms with E-state index in [9.17, 15) is 4.79 Å². The number of carbonyl (C=O) groups excluding carboxylic acids is 1. The van der Waals surface area contributed by atoms with Gasteiger partial charge in [-0.05, 0) is 85.9 Å². The molecule has 0 unspecified atom stereocenters. The van der Waals surface area contributed by atoms with Crippen LogP contribution >= 0.6 is 0 Å². The average Bonchev–Trinajstić information content (AvgIpc) is 3.04. The van der Waals surface area contributed by atoms with E-state index < -0.39 is 0 Å². The van der Waals surface area contributed by atoms with Crippen molar-refractivity contribution in [1.82, 2.24) is 0 Å². The number of ether oxygens (including phenoxy) is 2. The number of esters is 1. The third kappa shape index (κ3) is 15.1. The zero-order valence-corrected chi connectivity index (χ0v) is 27.3. The summed E-state index contributed by atoms with van der Waals surface area (Å²) in [5.74, 6) is 2.92. The molecule has 3 rings (SSSR count). The minimum Gasteiger partial charge on any atom is -0.494 e. The van der Waals surface area contributed by atoms with E-state index in [2.05, 4.69) is 25.6 Å². The first-order valence-electron chi connectivity index (χ1n) is 17.8. The van der Waals surface area contributed by atoms with E-state index >= 15 is 0 Å². The first-order chi connectivity index (χ1) is 21.2. The molecule has 3 nitrogen and oxygen atoms in total. The quantitative estimate of drug-likeness (QED) is 0.0560. The highest BCUT2D eigenvalue weighted by molar-refractivity contribution is 5.91. The summed E-state index contributed by atoms with van der Waals surface area (Å²) in [4.78, 5) is 12.7. The Morgan fingerprint density at radius 2 is 1.26 bits per heavy atom. The molecule has 0 amide bonds. The second-order valence-corrected chi connectivity index (χ2v) is 12.9. The minimum atomic E-state index is -0.328. The summed E-state index contributed by atoms with van der Waals surface area (Å²) in [6.07, 6.45) is 29.8. The lowest BCUT2D eigenvalue weighted by molar-refractivity contribution is 0.0734. The molecule has 0 radical (unpaired) electrons. The van der Waals surface area contributed by atoms with Crippen molar-refractivity contribution in [2.75, 3.05) is 6.61 Å². The number of allylic oxidation sites excluding steroid dienone is 1. The Bertz CT molecular complexity index is 985. The van der Waals surface area contributed by atoms with Crippen LogP contribution in [0.2, 0.25) is 0 Å². The molecular formula is C40H60O3. The summed E-state index contributed by atoms with van der Waals surface area (Å²) in [6.45, 7) is 6.79. The minimum absolute atomic E-state index is 0.328. The van der Waals surface area contributed by atoms with Crippen molar-refractivity contribution in [2.24, 2.45) is 11.8 Å². The smallest absolute Gasteiger partial charge is 0.343 e. The first-order valence-corrected chi connectivity index (χ1v) is 17.8. The van der Waals surface area contributed by atoms with Crippen molar-refractivity contribution in [1.29, 1.82) is 0 Å². The maximum atomic E-state index is 12.7. The lowest BCUT2D eigenvalue weighted by atomic mass is 9.78. The van der Waals surface area contributed by atoms with Gasteiger partial charge in [-0.15, -0.1) is 6.58 Å². The van der Waals surface area contributed by atoms with Gasteiger partial charge in [-0.3, -0.25) is 0 Å². The normalized spacial score (nSPS) is 16.6. The Labute approximate surface area is 263 Å². The molecule has 0 saturated heterocycles. The van der Waals surface area contributed by atoms with E-state index in [4.69, 9.17) is 9.47 Å². The summed E-state index contributed by atoms with van der Waals surface area (Å²) in [7, 11) is 0. The van der Waals surface area contributed by atoms with Gasteiger partial charge in [0, 0.05) is 0 Å². The Morgan fingerprint density at radius 1 is 0.698 bits per heavy atom. The summed E-state index contributed by atoms with van der Waals surface area (Å²) in [5, 5.41) is 0.